The summed E-state index contributed by atoms with van der Waals surface area (Å²) in [5.41, 5.74) is 0.906. The van der Waals surface area contributed by atoms with Crippen LogP contribution in [0.15, 0.2) is 42.5 Å². The zero-order chi connectivity index (χ0) is 18.9. The fourth-order valence-corrected chi connectivity index (χ4v) is 2.31. The van der Waals surface area contributed by atoms with E-state index in [-0.39, 0.29) is 18.6 Å². The maximum absolute atomic E-state index is 12.0. The molecule has 2 aromatic rings. The third kappa shape index (κ3) is 5.58. The van der Waals surface area contributed by atoms with E-state index in [9.17, 15) is 4.79 Å². The summed E-state index contributed by atoms with van der Waals surface area (Å²) in [6.45, 7) is 4.18. The molecule has 0 aliphatic heterocycles. The Bertz CT molecular complexity index is 730. The number of para-hydroxylation sites is 2. The van der Waals surface area contributed by atoms with Crippen molar-refractivity contribution in [2.75, 3.05) is 20.8 Å². The molecule has 1 amide bonds. The lowest BCUT2D eigenvalue weighted by Crippen LogP contribution is -2.28. The largest absolute Gasteiger partial charge is 0.493 e. The van der Waals surface area contributed by atoms with Gasteiger partial charge in [-0.15, -0.1) is 0 Å². The summed E-state index contributed by atoms with van der Waals surface area (Å²) in [6.07, 6.45) is 0.0570. The molecule has 0 aromatic heterocycles. The Balaban J connectivity index is 1.88. The summed E-state index contributed by atoms with van der Waals surface area (Å²) in [5, 5.41) is 2.82. The standard InChI is InChI=1S/C20H25NO5/c1-14(2)26-18-10-9-15(11-19(18)24-4)12-21-20(22)13-25-17-8-6-5-7-16(17)23-3/h5-11,14H,12-13H2,1-4H3,(H,21,22). The second-order valence-electron chi connectivity index (χ2n) is 5.87. The number of hydrogen-bond acceptors (Lipinski definition) is 5. The van der Waals surface area contributed by atoms with Crippen molar-refractivity contribution in [3.63, 3.8) is 0 Å². The predicted octanol–water partition coefficient (Wildman–Crippen LogP) is 3.19. The van der Waals surface area contributed by atoms with Crippen molar-refractivity contribution in [3.8, 4) is 23.0 Å². The summed E-state index contributed by atoms with van der Waals surface area (Å²) >= 11 is 0. The summed E-state index contributed by atoms with van der Waals surface area (Å²) < 4.78 is 21.7. The van der Waals surface area contributed by atoms with Crippen LogP contribution < -0.4 is 24.3 Å². The molecule has 1 N–H and O–H groups in total. The van der Waals surface area contributed by atoms with Gasteiger partial charge in [-0.3, -0.25) is 4.79 Å². The van der Waals surface area contributed by atoms with Crippen LogP contribution in [-0.2, 0) is 11.3 Å². The predicted molar refractivity (Wildman–Crippen MR) is 99.1 cm³/mol. The lowest BCUT2D eigenvalue weighted by molar-refractivity contribution is -0.123. The smallest absolute Gasteiger partial charge is 0.258 e. The molecular weight excluding hydrogens is 334 g/mol. The fourth-order valence-electron chi connectivity index (χ4n) is 2.31. The maximum Gasteiger partial charge on any atom is 0.258 e. The average molecular weight is 359 g/mol. The van der Waals surface area contributed by atoms with Gasteiger partial charge in [0.15, 0.2) is 29.6 Å². The van der Waals surface area contributed by atoms with Crippen LogP contribution >= 0.6 is 0 Å². The van der Waals surface area contributed by atoms with E-state index in [1.54, 1.807) is 26.4 Å². The van der Waals surface area contributed by atoms with Gasteiger partial charge in [-0.2, -0.15) is 0 Å². The Hall–Kier alpha value is -2.89. The first-order valence-corrected chi connectivity index (χ1v) is 8.39. The monoisotopic (exact) mass is 359 g/mol. The highest BCUT2D eigenvalue weighted by atomic mass is 16.5. The molecule has 2 aromatic carbocycles. The van der Waals surface area contributed by atoms with Crippen molar-refractivity contribution in [1.29, 1.82) is 0 Å². The van der Waals surface area contributed by atoms with Crippen molar-refractivity contribution < 1.29 is 23.7 Å². The molecule has 140 valence electrons. The molecule has 0 aliphatic rings. The highest BCUT2D eigenvalue weighted by Crippen LogP contribution is 2.29. The molecule has 0 saturated heterocycles. The van der Waals surface area contributed by atoms with E-state index in [1.807, 2.05) is 44.2 Å². The van der Waals surface area contributed by atoms with Crippen molar-refractivity contribution in [3.05, 3.63) is 48.0 Å². The molecule has 0 aliphatic carbocycles. The molecule has 0 unspecified atom stereocenters. The summed E-state index contributed by atoms with van der Waals surface area (Å²) in [6, 6.07) is 12.8. The molecule has 26 heavy (non-hydrogen) atoms. The van der Waals surface area contributed by atoms with Crippen LogP contribution in [0.3, 0.4) is 0 Å². The number of hydrogen-bond donors (Lipinski definition) is 1. The van der Waals surface area contributed by atoms with E-state index in [0.29, 0.717) is 29.5 Å². The molecule has 0 atom stereocenters. The van der Waals surface area contributed by atoms with E-state index in [1.165, 1.54) is 0 Å². The van der Waals surface area contributed by atoms with Crippen LogP contribution in [0.5, 0.6) is 23.0 Å². The van der Waals surface area contributed by atoms with Crippen LogP contribution in [0, 0.1) is 0 Å². The quantitative estimate of drug-likeness (QED) is 0.745. The summed E-state index contributed by atoms with van der Waals surface area (Å²) in [5.74, 6) is 2.21. The number of amides is 1. The van der Waals surface area contributed by atoms with Crippen LogP contribution in [0.25, 0.3) is 0 Å². The van der Waals surface area contributed by atoms with Crippen molar-refractivity contribution in [2.45, 2.75) is 26.5 Å². The van der Waals surface area contributed by atoms with Crippen LogP contribution in [0.4, 0.5) is 0 Å². The Morgan fingerprint density at radius 1 is 0.962 bits per heavy atom. The zero-order valence-corrected chi connectivity index (χ0v) is 15.6. The van der Waals surface area contributed by atoms with Crippen LogP contribution in [0.1, 0.15) is 19.4 Å². The molecule has 0 saturated carbocycles. The number of carbonyl (C=O) groups excluding carboxylic acids is 1. The van der Waals surface area contributed by atoms with Crippen molar-refractivity contribution in [1.82, 2.24) is 5.32 Å². The number of rotatable bonds is 9. The molecule has 6 nitrogen and oxygen atoms in total. The number of ether oxygens (including phenoxy) is 4. The topological polar surface area (TPSA) is 66.0 Å². The van der Waals surface area contributed by atoms with Gasteiger partial charge in [0.1, 0.15) is 0 Å². The van der Waals surface area contributed by atoms with E-state index >= 15 is 0 Å². The maximum atomic E-state index is 12.0. The second kappa shape index (κ2) is 9.56. The summed E-state index contributed by atoms with van der Waals surface area (Å²) in [7, 11) is 3.15. The van der Waals surface area contributed by atoms with Gasteiger partial charge in [0.05, 0.1) is 20.3 Å². The number of carbonyl (C=O) groups is 1. The normalized spacial score (nSPS) is 10.3. The molecule has 0 bridgehead atoms. The van der Waals surface area contributed by atoms with E-state index < -0.39 is 0 Å². The van der Waals surface area contributed by atoms with Gasteiger partial charge in [0, 0.05) is 6.54 Å². The number of benzene rings is 2. The first kappa shape index (κ1) is 19.4. The minimum atomic E-state index is -0.225. The first-order chi connectivity index (χ1) is 12.5. The van der Waals surface area contributed by atoms with Gasteiger partial charge in [0.2, 0.25) is 0 Å². The molecule has 0 radical (unpaired) electrons. The third-order valence-electron chi connectivity index (χ3n) is 3.51. The van der Waals surface area contributed by atoms with Gasteiger partial charge in [-0.05, 0) is 43.7 Å². The minimum absolute atomic E-state index is 0.0570. The van der Waals surface area contributed by atoms with E-state index in [0.717, 1.165) is 5.56 Å². The second-order valence-corrected chi connectivity index (χ2v) is 5.87. The zero-order valence-electron chi connectivity index (χ0n) is 15.6. The van der Waals surface area contributed by atoms with Gasteiger partial charge in [-0.1, -0.05) is 18.2 Å². The molecule has 0 spiro atoms. The van der Waals surface area contributed by atoms with Crippen LogP contribution in [0.2, 0.25) is 0 Å². The Kier molecular flexibility index (Phi) is 7.14. The van der Waals surface area contributed by atoms with Gasteiger partial charge in [0.25, 0.3) is 5.91 Å². The Morgan fingerprint density at radius 2 is 1.65 bits per heavy atom. The van der Waals surface area contributed by atoms with Crippen molar-refractivity contribution in [2.24, 2.45) is 0 Å². The van der Waals surface area contributed by atoms with E-state index in [2.05, 4.69) is 5.32 Å². The van der Waals surface area contributed by atoms with Crippen LogP contribution in [-0.4, -0.2) is 32.8 Å². The van der Waals surface area contributed by atoms with Gasteiger partial charge in [-0.25, -0.2) is 0 Å². The Labute approximate surface area is 154 Å². The fraction of sp³-hybridized carbons (Fsp3) is 0.350. The first-order valence-electron chi connectivity index (χ1n) is 8.39. The SMILES string of the molecule is COc1ccccc1OCC(=O)NCc1ccc(OC(C)C)c(OC)c1. The molecule has 0 fully saturated rings. The molecular formula is C20H25NO5. The van der Waals surface area contributed by atoms with Gasteiger partial charge < -0.3 is 24.3 Å². The summed E-state index contributed by atoms with van der Waals surface area (Å²) in [4.78, 5) is 12.0. The molecule has 6 heteroatoms. The molecule has 0 heterocycles. The van der Waals surface area contributed by atoms with Gasteiger partial charge >= 0.3 is 0 Å². The Morgan fingerprint density at radius 3 is 2.31 bits per heavy atom. The molecule has 2 rings (SSSR count). The lowest BCUT2D eigenvalue weighted by Gasteiger charge is -2.15. The lowest BCUT2D eigenvalue weighted by atomic mass is 10.2. The number of nitrogens with one attached hydrogen (secondary N) is 1. The third-order valence-corrected chi connectivity index (χ3v) is 3.51. The highest BCUT2D eigenvalue weighted by molar-refractivity contribution is 5.77. The number of methoxy groups -OCH3 is 2. The average Bonchev–Trinajstić information content (AvgIpc) is 2.65. The van der Waals surface area contributed by atoms with E-state index in [4.69, 9.17) is 18.9 Å². The van der Waals surface area contributed by atoms with Crippen molar-refractivity contribution >= 4 is 5.91 Å². The minimum Gasteiger partial charge on any atom is -0.493 e. The highest BCUT2D eigenvalue weighted by Gasteiger charge is 2.10.